The monoisotopic (exact) mass is 419 g/mol. The highest BCUT2D eigenvalue weighted by Gasteiger charge is 2.25. The number of hydrogen-bond acceptors (Lipinski definition) is 6. The molecule has 2 aromatic heterocycles. The third kappa shape index (κ3) is 4.89. The van der Waals surface area contributed by atoms with Crippen LogP contribution in [0.1, 0.15) is 40.3 Å². The molecule has 0 fully saturated rings. The second-order valence-electron chi connectivity index (χ2n) is 8.06. The van der Waals surface area contributed by atoms with Gasteiger partial charge < -0.3 is 19.8 Å². The molecule has 0 aliphatic rings. The van der Waals surface area contributed by atoms with E-state index < -0.39 is 0 Å². The van der Waals surface area contributed by atoms with E-state index in [2.05, 4.69) is 41.3 Å². The fourth-order valence-corrected chi connectivity index (χ4v) is 3.04. The molecule has 0 aliphatic heterocycles. The van der Waals surface area contributed by atoms with Crippen LogP contribution in [0.15, 0.2) is 24.3 Å². The molecule has 3 aromatic rings. The second kappa shape index (κ2) is 8.42. The second-order valence-corrected chi connectivity index (χ2v) is 8.44. The SMILES string of the molecule is CC(C)C(=O)OCOCNc1ccc(-c2nn3nc(C(C)(C)C)c(Cl)c3[nH]2)cc1. The number of halogens is 1. The number of H-pyrrole nitrogens is 1. The van der Waals surface area contributed by atoms with Crippen LogP contribution in [0.4, 0.5) is 5.69 Å². The molecule has 0 atom stereocenters. The number of ether oxygens (including phenoxy) is 2. The highest BCUT2D eigenvalue weighted by molar-refractivity contribution is 6.34. The molecule has 29 heavy (non-hydrogen) atoms. The number of fused-ring (bicyclic) bond motifs is 1. The maximum atomic E-state index is 11.3. The zero-order valence-corrected chi connectivity index (χ0v) is 18.0. The van der Waals surface area contributed by atoms with Crippen molar-refractivity contribution in [2.45, 2.75) is 40.0 Å². The van der Waals surface area contributed by atoms with Crippen molar-refractivity contribution in [3.05, 3.63) is 35.0 Å². The Balaban J connectivity index is 1.59. The molecule has 0 saturated carbocycles. The van der Waals surface area contributed by atoms with E-state index in [4.69, 9.17) is 21.1 Å². The maximum Gasteiger partial charge on any atom is 0.310 e. The Hall–Kier alpha value is -2.58. The Morgan fingerprint density at radius 3 is 2.52 bits per heavy atom. The third-order valence-electron chi connectivity index (χ3n) is 4.25. The molecule has 0 saturated heterocycles. The number of nitrogens with one attached hydrogen (secondary N) is 2. The Morgan fingerprint density at radius 1 is 1.24 bits per heavy atom. The van der Waals surface area contributed by atoms with Crippen LogP contribution in [-0.4, -0.2) is 39.3 Å². The van der Waals surface area contributed by atoms with E-state index in [0.29, 0.717) is 16.5 Å². The number of anilines is 1. The van der Waals surface area contributed by atoms with Gasteiger partial charge in [0.25, 0.3) is 0 Å². The number of carbonyl (C=O) groups excluding carboxylic acids is 1. The van der Waals surface area contributed by atoms with Crippen molar-refractivity contribution in [2.75, 3.05) is 18.8 Å². The molecule has 8 nitrogen and oxygen atoms in total. The largest absolute Gasteiger partial charge is 0.438 e. The first-order valence-corrected chi connectivity index (χ1v) is 9.78. The van der Waals surface area contributed by atoms with Crippen molar-refractivity contribution in [2.24, 2.45) is 5.92 Å². The highest BCUT2D eigenvalue weighted by atomic mass is 35.5. The molecular formula is C20H26ClN5O3. The Labute approximate surface area is 174 Å². The minimum absolute atomic E-state index is 0.0778. The lowest BCUT2D eigenvalue weighted by molar-refractivity contribution is -0.159. The van der Waals surface area contributed by atoms with E-state index in [0.717, 1.165) is 16.9 Å². The first-order chi connectivity index (χ1) is 13.7. The van der Waals surface area contributed by atoms with Gasteiger partial charge in [-0.05, 0) is 24.3 Å². The molecule has 0 spiro atoms. The van der Waals surface area contributed by atoms with Crippen LogP contribution in [0.25, 0.3) is 17.0 Å². The number of carbonyl (C=O) groups is 1. The fourth-order valence-electron chi connectivity index (χ4n) is 2.60. The molecule has 2 heterocycles. The zero-order valence-electron chi connectivity index (χ0n) is 17.2. The summed E-state index contributed by atoms with van der Waals surface area (Å²) in [4.78, 5) is 14.6. The summed E-state index contributed by atoms with van der Waals surface area (Å²) in [5.41, 5.74) is 3.10. The Morgan fingerprint density at radius 2 is 1.93 bits per heavy atom. The summed E-state index contributed by atoms with van der Waals surface area (Å²) in [6.07, 6.45) is 0. The van der Waals surface area contributed by atoms with Crippen molar-refractivity contribution in [1.29, 1.82) is 0 Å². The van der Waals surface area contributed by atoms with Crippen LogP contribution in [0.5, 0.6) is 0 Å². The normalized spacial score (nSPS) is 12.0. The van der Waals surface area contributed by atoms with Gasteiger partial charge >= 0.3 is 5.97 Å². The molecule has 0 amide bonds. The van der Waals surface area contributed by atoms with Crippen LogP contribution in [0.2, 0.25) is 5.02 Å². The predicted octanol–water partition coefficient (Wildman–Crippen LogP) is 4.22. The lowest BCUT2D eigenvalue weighted by atomic mass is 9.92. The number of rotatable bonds is 7. The molecule has 156 valence electrons. The average molecular weight is 420 g/mol. The van der Waals surface area contributed by atoms with E-state index in [9.17, 15) is 4.79 Å². The summed E-state index contributed by atoms with van der Waals surface area (Å²) >= 11 is 6.48. The lowest BCUT2D eigenvalue weighted by Crippen LogP contribution is -2.16. The van der Waals surface area contributed by atoms with Gasteiger partial charge in [0, 0.05) is 16.7 Å². The first-order valence-electron chi connectivity index (χ1n) is 9.40. The van der Waals surface area contributed by atoms with E-state index in [-0.39, 0.29) is 30.8 Å². The average Bonchev–Trinajstić information content (AvgIpc) is 3.21. The maximum absolute atomic E-state index is 11.3. The Kier molecular flexibility index (Phi) is 6.14. The quantitative estimate of drug-likeness (QED) is 0.338. The van der Waals surface area contributed by atoms with Gasteiger partial charge in [-0.2, -0.15) is 5.10 Å². The van der Waals surface area contributed by atoms with E-state index in [1.807, 2.05) is 24.3 Å². The summed E-state index contributed by atoms with van der Waals surface area (Å²) in [5.74, 6) is 0.227. The van der Waals surface area contributed by atoms with Gasteiger partial charge in [0.05, 0.1) is 11.6 Å². The van der Waals surface area contributed by atoms with Gasteiger partial charge in [0.15, 0.2) is 18.3 Å². The fraction of sp³-hybridized carbons (Fsp3) is 0.450. The number of aromatic nitrogens is 4. The first kappa shape index (κ1) is 21.1. The lowest BCUT2D eigenvalue weighted by Gasteiger charge is -2.14. The zero-order chi connectivity index (χ0) is 21.2. The van der Waals surface area contributed by atoms with Gasteiger partial charge in [-0.1, -0.05) is 46.2 Å². The molecular weight excluding hydrogens is 394 g/mol. The molecule has 0 unspecified atom stereocenters. The smallest absolute Gasteiger partial charge is 0.310 e. The van der Waals surface area contributed by atoms with Gasteiger partial charge in [0.2, 0.25) is 0 Å². The highest BCUT2D eigenvalue weighted by Crippen LogP contribution is 2.31. The number of benzene rings is 1. The van der Waals surface area contributed by atoms with Crippen molar-refractivity contribution < 1.29 is 14.3 Å². The molecule has 0 bridgehead atoms. The minimum Gasteiger partial charge on any atom is -0.438 e. The molecule has 1 aromatic carbocycles. The summed E-state index contributed by atoms with van der Waals surface area (Å²) in [6.45, 7) is 9.88. The van der Waals surface area contributed by atoms with Crippen molar-refractivity contribution in [3.8, 4) is 11.4 Å². The van der Waals surface area contributed by atoms with E-state index >= 15 is 0 Å². The summed E-state index contributed by atoms with van der Waals surface area (Å²) in [6, 6.07) is 7.68. The standard InChI is InChI=1S/C20H26ClN5O3/c1-12(2)19(27)29-11-28-10-22-14-8-6-13(7-9-14)17-23-18-15(21)16(20(3,4)5)24-26(18)25-17/h6-9,12,22H,10-11H2,1-5H3,(H,23,25). The summed E-state index contributed by atoms with van der Waals surface area (Å²) < 4.78 is 11.7. The van der Waals surface area contributed by atoms with Gasteiger partial charge in [-0.15, -0.1) is 9.73 Å². The van der Waals surface area contributed by atoms with Crippen LogP contribution >= 0.6 is 11.6 Å². The van der Waals surface area contributed by atoms with E-state index in [1.165, 1.54) is 4.63 Å². The van der Waals surface area contributed by atoms with Crippen LogP contribution < -0.4 is 5.32 Å². The molecule has 9 heteroatoms. The molecule has 0 aliphatic carbocycles. The molecule has 3 rings (SSSR count). The van der Waals surface area contributed by atoms with Gasteiger partial charge in [-0.25, -0.2) is 0 Å². The van der Waals surface area contributed by atoms with Crippen molar-refractivity contribution in [1.82, 2.24) is 19.8 Å². The summed E-state index contributed by atoms with van der Waals surface area (Å²) in [5, 5.41) is 12.7. The number of esters is 1. The molecule has 0 radical (unpaired) electrons. The Bertz CT molecular complexity index is 986. The van der Waals surface area contributed by atoms with Gasteiger partial charge in [-0.3, -0.25) is 4.79 Å². The van der Waals surface area contributed by atoms with Crippen LogP contribution in [0, 0.1) is 5.92 Å². The minimum atomic E-state index is -0.283. The topological polar surface area (TPSA) is 93.5 Å². The third-order valence-corrected chi connectivity index (χ3v) is 4.60. The molecule has 2 N–H and O–H groups in total. The van der Waals surface area contributed by atoms with Crippen LogP contribution in [0.3, 0.4) is 0 Å². The number of hydrogen-bond donors (Lipinski definition) is 2. The number of aromatic amines is 1. The van der Waals surface area contributed by atoms with E-state index in [1.54, 1.807) is 13.8 Å². The summed E-state index contributed by atoms with van der Waals surface area (Å²) in [7, 11) is 0. The predicted molar refractivity (Wildman–Crippen MR) is 112 cm³/mol. The van der Waals surface area contributed by atoms with Crippen molar-refractivity contribution >= 4 is 28.9 Å². The number of nitrogens with zero attached hydrogens (tertiary/aromatic N) is 3. The van der Waals surface area contributed by atoms with Gasteiger partial charge in [0.1, 0.15) is 11.8 Å². The van der Waals surface area contributed by atoms with Crippen molar-refractivity contribution in [3.63, 3.8) is 0 Å². The van der Waals surface area contributed by atoms with Crippen LogP contribution in [-0.2, 0) is 19.7 Å².